The largest absolute Gasteiger partial charge is 0.377 e. The maximum atomic E-state index is 12.6. The minimum Gasteiger partial charge on any atom is -0.377 e. The van der Waals surface area contributed by atoms with Crippen molar-refractivity contribution < 1.29 is 13.2 Å². The first kappa shape index (κ1) is 15.7. The molecule has 1 saturated heterocycles. The van der Waals surface area contributed by atoms with Crippen LogP contribution in [0.4, 0.5) is 0 Å². The predicted molar refractivity (Wildman–Crippen MR) is 87.6 cm³/mol. The third kappa shape index (κ3) is 2.51. The Morgan fingerprint density at radius 2 is 1.95 bits per heavy atom. The molecule has 3 rings (SSSR count). The number of hydrogen-bond acceptors (Lipinski definition) is 3. The highest BCUT2D eigenvalue weighted by Crippen LogP contribution is 2.54. The van der Waals surface area contributed by atoms with E-state index in [0.717, 1.165) is 18.6 Å². The van der Waals surface area contributed by atoms with E-state index in [0.29, 0.717) is 5.92 Å². The Morgan fingerprint density at radius 3 is 2.64 bits per heavy atom. The van der Waals surface area contributed by atoms with Crippen molar-refractivity contribution >= 4 is 16.1 Å². The summed E-state index contributed by atoms with van der Waals surface area (Å²) in [5.41, 5.74) is 0.748. The first-order chi connectivity index (χ1) is 10.3. The average Bonchev–Trinajstić information content (AvgIpc) is 2.92. The van der Waals surface area contributed by atoms with E-state index in [1.807, 2.05) is 30.3 Å². The molecule has 0 N–H and O–H groups in total. The van der Waals surface area contributed by atoms with Crippen molar-refractivity contribution in [1.82, 2.24) is 4.31 Å². The molecule has 22 heavy (non-hydrogen) atoms. The van der Waals surface area contributed by atoms with Gasteiger partial charge in [-0.1, -0.05) is 44.2 Å². The van der Waals surface area contributed by atoms with Crippen LogP contribution in [0.15, 0.2) is 35.7 Å². The zero-order valence-corrected chi connectivity index (χ0v) is 14.1. The number of nitrogens with zero attached hydrogens (tertiary/aromatic N) is 1. The third-order valence-electron chi connectivity index (χ3n) is 5.06. The van der Waals surface area contributed by atoms with Gasteiger partial charge in [0.2, 0.25) is 10.0 Å². The predicted octanol–water partition coefficient (Wildman–Crippen LogP) is 2.73. The Balaban J connectivity index is 1.79. The van der Waals surface area contributed by atoms with Crippen molar-refractivity contribution in [3.05, 3.63) is 41.3 Å². The summed E-state index contributed by atoms with van der Waals surface area (Å²) < 4.78 is 32.5. The minimum atomic E-state index is -3.43. The lowest BCUT2D eigenvalue weighted by Crippen LogP contribution is -2.66. The van der Waals surface area contributed by atoms with Gasteiger partial charge in [0.25, 0.3) is 0 Å². The zero-order valence-electron chi connectivity index (χ0n) is 13.3. The molecule has 2 aliphatic rings. The standard InChI is InChI=1S/C17H23NO3S/c1-17(2)15(14-9-11-21-16(14)17)18(3)22(19,20)12-10-13-7-5-4-6-8-13/h4-8,10,12,14-16H,9,11H2,1-3H3/b12-10+/t14-,15-,16-/m1/s1. The van der Waals surface area contributed by atoms with Gasteiger partial charge in [-0.05, 0) is 18.1 Å². The quantitative estimate of drug-likeness (QED) is 0.856. The summed E-state index contributed by atoms with van der Waals surface area (Å²) in [6.45, 7) is 4.93. The van der Waals surface area contributed by atoms with Gasteiger partial charge in [0.05, 0.1) is 6.10 Å². The molecule has 0 unspecified atom stereocenters. The van der Waals surface area contributed by atoms with E-state index in [-0.39, 0.29) is 17.6 Å². The molecule has 5 heteroatoms. The van der Waals surface area contributed by atoms with Gasteiger partial charge in [-0.2, -0.15) is 4.31 Å². The highest BCUT2D eigenvalue weighted by molar-refractivity contribution is 7.92. The molecule has 0 bridgehead atoms. The Hall–Kier alpha value is -1.17. The van der Waals surface area contributed by atoms with Crippen LogP contribution >= 0.6 is 0 Å². The van der Waals surface area contributed by atoms with Crippen LogP contribution in [0.3, 0.4) is 0 Å². The van der Waals surface area contributed by atoms with Gasteiger partial charge in [-0.3, -0.25) is 0 Å². The summed E-state index contributed by atoms with van der Waals surface area (Å²) >= 11 is 0. The van der Waals surface area contributed by atoms with Crippen molar-refractivity contribution in [3.8, 4) is 0 Å². The molecule has 3 atom stereocenters. The summed E-state index contributed by atoms with van der Waals surface area (Å²) in [5.74, 6) is 0.319. The number of sulfonamides is 1. The van der Waals surface area contributed by atoms with E-state index in [2.05, 4.69) is 13.8 Å². The molecule has 120 valence electrons. The third-order valence-corrected chi connectivity index (χ3v) is 6.57. The summed E-state index contributed by atoms with van der Waals surface area (Å²) in [6, 6.07) is 9.48. The van der Waals surface area contributed by atoms with Crippen molar-refractivity contribution in [1.29, 1.82) is 0 Å². The topological polar surface area (TPSA) is 46.6 Å². The molecule has 0 amide bonds. The van der Waals surface area contributed by atoms with Crippen molar-refractivity contribution in [3.63, 3.8) is 0 Å². The first-order valence-electron chi connectivity index (χ1n) is 7.67. The van der Waals surface area contributed by atoms with Crippen LogP contribution in [0.1, 0.15) is 25.8 Å². The van der Waals surface area contributed by atoms with E-state index < -0.39 is 10.0 Å². The lowest BCUT2D eigenvalue weighted by atomic mass is 9.57. The van der Waals surface area contributed by atoms with Gasteiger partial charge in [0.1, 0.15) is 0 Å². The number of benzene rings is 1. The molecule has 0 aromatic heterocycles. The van der Waals surface area contributed by atoms with E-state index in [9.17, 15) is 8.42 Å². The Kier molecular flexibility index (Phi) is 3.91. The van der Waals surface area contributed by atoms with Crippen molar-refractivity contribution in [2.75, 3.05) is 13.7 Å². The second kappa shape index (κ2) is 5.48. The number of fused-ring (bicyclic) bond motifs is 1. The van der Waals surface area contributed by atoms with Gasteiger partial charge < -0.3 is 4.74 Å². The van der Waals surface area contributed by atoms with Crippen LogP contribution in [0, 0.1) is 11.3 Å². The molecule has 1 aliphatic carbocycles. The van der Waals surface area contributed by atoms with E-state index in [1.165, 1.54) is 9.71 Å². The highest BCUT2D eigenvalue weighted by Gasteiger charge is 2.62. The fourth-order valence-electron chi connectivity index (χ4n) is 4.02. The van der Waals surface area contributed by atoms with E-state index in [1.54, 1.807) is 13.1 Å². The Bertz CT molecular complexity index is 666. The van der Waals surface area contributed by atoms with Gasteiger partial charge in [0.15, 0.2) is 0 Å². The second-order valence-corrected chi connectivity index (χ2v) is 8.66. The maximum absolute atomic E-state index is 12.6. The van der Waals surface area contributed by atoms with Crippen LogP contribution in [0.25, 0.3) is 6.08 Å². The van der Waals surface area contributed by atoms with Crippen LogP contribution in [-0.2, 0) is 14.8 Å². The molecule has 0 radical (unpaired) electrons. The summed E-state index contributed by atoms with van der Waals surface area (Å²) in [5, 5.41) is 1.31. The fourth-order valence-corrected chi connectivity index (χ4v) is 5.28. The summed E-state index contributed by atoms with van der Waals surface area (Å²) in [7, 11) is -1.74. The molecule has 1 heterocycles. The average molecular weight is 321 g/mol. The van der Waals surface area contributed by atoms with E-state index >= 15 is 0 Å². The SMILES string of the molecule is CN([C@@H]1[C@H]2CCO[C@H]2C1(C)C)S(=O)(=O)/C=C/c1ccccc1. The molecule has 1 saturated carbocycles. The number of rotatable bonds is 4. The molecule has 1 aromatic rings. The molecule has 1 aromatic carbocycles. The first-order valence-corrected chi connectivity index (χ1v) is 9.17. The molecule has 2 fully saturated rings. The van der Waals surface area contributed by atoms with Crippen LogP contribution in [0.5, 0.6) is 0 Å². The Morgan fingerprint density at radius 1 is 1.27 bits per heavy atom. The summed E-state index contributed by atoms with van der Waals surface area (Å²) in [4.78, 5) is 0. The number of ether oxygens (including phenoxy) is 1. The van der Waals surface area contributed by atoms with Crippen LogP contribution in [0.2, 0.25) is 0 Å². The lowest BCUT2D eigenvalue weighted by Gasteiger charge is -2.57. The zero-order chi connectivity index (χ0) is 16.0. The maximum Gasteiger partial charge on any atom is 0.236 e. The molecule has 0 spiro atoms. The number of hydrogen-bond donors (Lipinski definition) is 0. The van der Waals surface area contributed by atoms with Gasteiger partial charge >= 0.3 is 0 Å². The molecular formula is C17H23NO3S. The van der Waals surface area contributed by atoms with Crippen molar-refractivity contribution in [2.45, 2.75) is 32.4 Å². The van der Waals surface area contributed by atoms with Crippen LogP contribution in [-0.4, -0.2) is 38.5 Å². The van der Waals surface area contributed by atoms with Crippen LogP contribution < -0.4 is 0 Å². The van der Waals surface area contributed by atoms with E-state index in [4.69, 9.17) is 4.74 Å². The molecule has 1 aliphatic heterocycles. The minimum absolute atomic E-state index is 0.00502. The second-order valence-electron chi connectivity index (χ2n) is 6.78. The van der Waals surface area contributed by atoms with Gasteiger partial charge in [-0.15, -0.1) is 0 Å². The molecular weight excluding hydrogens is 298 g/mol. The normalized spacial score (nSPS) is 30.5. The monoisotopic (exact) mass is 321 g/mol. The van der Waals surface area contributed by atoms with Crippen molar-refractivity contribution in [2.24, 2.45) is 11.3 Å². The summed E-state index contributed by atoms with van der Waals surface area (Å²) in [6.07, 6.45) is 2.79. The van der Waals surface area contributed by atoms with Gasteiger partial charge in [0, 0.05) is 36.4 Å². The Labute approximate surface area is 132 Å². The molecule has 4 nitrogen and oxygen atoms in total. The fraction of sp³-hybridized carbons (Fsp3) is 0.529. The highest BCUT2D eigenvalue weighted by atomic mass is 32.2. The van der Waals surface area contributed by atoms with Gasteiger partial charge in [-0.25, -0.2) is 8.42 Å². The smallest absolute Gasteiger partial charge is 0.236 e. The lowest BCUT2D eigenvalue weighted by molar-refractivity contribution is -0.131.